The van der Waals surface area contributed by atoms with Crippen molar-refractivity contribution >= 4 is 5.91 Å². The van der Waals surface area contributed by atoms with E-state index in [0.29, 0.717) is 11.3 Å². The summed E-state index contributed by atoms with van der Waals surface area (Å²) in [5.41, 5.74) is 1.54. The highest BCUT2D eigenvalue weighted by Gasteiger charge is 2.59. The number of hydrogen-bond acceptors (Lipinski definition) is 2. The molecule has 0 spiro atoms. The fraction of sp³-hybridized carbons (Fsp3) is 0.588. The van der Waals surface area contributed by atoms with Gasteiger partial charge in [0.25, 0.3) is 0 Å². The van der Waals surface area contributed by atoms with E-state index in [4.69, 9.17) is 0 Å². The van der Waals surface area contributed by atoms with Crippen LogP contribution in [-0.2, 0) is 11.2 Å². The van der Waals surface area contributed by atoms with E-state index in [9.17, 15) is 4.79 Å². The summed E-state index contributed by atoms with van der Waals surface area (Å²) in [5.74, 6) is 1.15. The second-order valence-electron chi connectivity index (χ2n) is 7.29. The summed E-state index contributed by atoms with van der Waals surface area (Å²) in [4.78, 5) is 15.1. The lowest BCUT2D eigenvalue weighted by Crippen LogP contribution is -2.63. The Morgan fingerprint density at radius 2 is 2.10 bits per heavy atom. The third-order valence-corrected chi connectivity index (χ3v) is 5.58. The summed E-state index contributed by atoms with van der Waals surface area (Å²) >= 11 is 0. The number of benzene rings is 1. The van der Waals surface area contributed by atoms with Crippen molar-refractivity contribution in [3.05, 3.63) is 35.9 Å². The van der Waals surface area contributed by atoms with Gasteiger partial charge in [-0.3, -0.25) is 4.79 Å². The van der Waals surface area contributed by atoms with Gasteiger partial charge in [0.2, 0.25) is 5.91 Å². The summed E-state index contributed by atoms with van der Waals surface area (Å²) in [6.07, 6.45) is 2.19. The molecule has 3 nitrogen and oxygen atoms in total. The third kappa shape index (κ3) is 1.80. The van der Waals surface area contributed by atoms with Gasteiger partial charge in [0.1, 0.15) is 0 Å². The molecule has 0 radical (unpaired) electrons. The van der Waals surface area contributed by atoms with Crippen molar-refractivity contribution in [3.8, 4) is 0 Å². The molecule has 20 heavy (non-hydrogen) atoms. The van der Waals surface area contributed by atoms with Crippen LogP contribution in [0.3, 0.4) is 0 Å². The number of piperidine rings is 1. The van der Waals surface area contributed by atoms with Gasteiger partial charge in [0.15, 0.2) is 0 Å². The molecular weight excluding hydrogens is 248 g/mol. The van der Waals surface area contributed by atoms with Gasteiger partial charge in [0, 0.05) is 26.2 Å². The Morgan fingerprint density at radius 1 is 1.35 bits per heavy atom. The molecular formula is C17H22N2O. The van der Waals surface area contributed by atoms with Crippen LogP contribution in [0.25, 0.3) is 0 Å². The number of rotatable bonds is 3. The molecule has 1 aromatic carbocycles. The summed E-state index contributed by atoms with van der Waals surface area (Å²) in [6.45, 7) is 5.96. The Balaban J connectivity index is 1.51. The molecule has 2 aliphatic heterocycles. The molecule has 3 aliphatic rings. The van der Waals surface area contributed by atoms with Crippen molar-refractivity contribution in [2.75, 3.05) is 26.2 Å². The molecule has 106 valence electrons. The van der Waals surface area contributed by atoms with Gasteiger partial charge >= 0.3 is 0 Å². The smallest absolute Gasteiger partial charge is 0.231 e. The monoisotopic (exact) mass is 270 g/mol. The lowest BCUT2D eigenvalue weighted by atomic mass is 9.75. The van der Waals surface area contributed by atoms with E-state index in [1.54, 1.807) is 0 Å². The van der Waals surface area contributed by atoms with Crippen molar-refractivity contribution < 1.29 is 4.79 Å². The highest BCUT2D eigenvalue weighted by Crippen LogP contribution is 2.57. The molecule has 1 aromatic rings. The van der Waals surface area contributed by atoms with Crippen molar-refractivity contribution in [2.24, 2.45) is 16.7 Å². The van der Waals surface area contributed by atoms with Crippen molar-refractivity contribution in [1.82, 2.24) is 10.2 Å². The number of carbonyl (C=O) groups is 1. The summed E-state index contributed by atoms with van der Waals surface area (Å²) in [6, 6.07) is 10.4. The van der Waals surface area contributed by atoms with E-state index in [1.165, 1.54) is 12.0 Å². The minimum absolute atomic E-state index is 0.186. The number of fused-ring (bicyclic) bond motifs is 1. The Labute approximate surface area is 120 Å². The Hall–Kier alpha value is -1.35. The van der Waals surface area contributed by atoms with Crippen LogP contribution >= 0.6 is 0 Å². The molecule has 1 aliphatic carbocycles. The fourth-order valence-corrected chi connectivity index (χ4v) is 4.00. The van der Waals surface area contributed by atoms with Crippen LogP contribution in [0, 0.1) is 16.7 Å². The normalized spacial score (nSPS) is 33.5. The lowest BCUT2D eigenvalue weighted by Gasteiger charge is -2.44. The molecule has 3 fully saturated rings. The molecule has 3 heteroatoms. The zero-order chi connectivity index (χ0) is 13.8. The van der Waals surface area contributed by atoms with E-state index in [0.717, 1.165) is 38.5 Å². The van der Waals surface area contributed by atoms with E-state index < -0.39 is 0 Å². The van der Waals surface area contributed by atoms with E-state index >= 15 is 0 Å². The average molecular weight is 270 g/mol. The van der Waals surface area contributed by atoms with Gasteiger partial charge < -0.3 is 10.2 Å². The third-order valence-electron chi connectivity index (χ3n) is 5.58. The van der Waals surface area contributed by atoms with Crippen LogP contribution in [0.2, 0.25) is 0 Å². The number of hydrogen-bond donors (Lipinski definition) is 1. The van der Waals surface area contributed by atoms with Crippen LogP contribution in [0.5, 0.6) is 0 Å². The van der Waals surface area contributed by atoms with Crippen LogP contribution in [0.4, 0.5) is 0 Å². The van der Waals surface area contributed by atoms with Gasteiger partial charge in [-0.1, -0.05) is 37.3 Å². The minimum Gasteiger partial charge on any atom is -0.341 e. The molecule has 2 atom stereocenters. The minimum atomic E-state index is -0.186. The predicted molar refractivity (Wildman–Crippen MR) is 78.2 cm³/mol. The molecule has 0 aromatic heterocycles. The van der Waals surface area contributed by atoms with Gasteiger partial charge in [-0.15, -0.1) is 0 Å². The van der Waals surface area contributed by atoms with E-state index in [2.05, 4.69) is 41.4 Å². The standard InChI is InChI=1S/C17H22N2O/c1-16-8-14(16)9-19(12-16)15(20)17(10-18-11-17)7-13-5-3-2-4-6-13/h2-6,14,18H,7-12H2,1H3. The van der Waals surface area contributed by atoms with Gasteiger partial charge in [-0.05, 0) is 29.7 Å². The van der Waals surface area contributed by atoms with Crippen molar-refractivity contribution in [3.63, 3.8) is 0 Å². The number of nitrogens with one attached hydrogen (secondary N) is 1. The summed E-state index contributed by atoms with van der Waals surface area (Å²) < 4.78 is 0. The largest absolute Gasteiger partial charge is 0.341 e. The second kappa shape index (κ2) is 4.08. The van der Waals surface area contributed by atoms with Crippen molar-refractivity contribution in [1.29, 1.82) is 0 Å². The predicted octanol–water partition coefficient (Wildman–Crippen LogP) is 1.69. The first-order valence-corrected chi connectivity index (χ1v) is 7.65. The molecule has 4 rings (SSSR count). The van der Waals surface area contributed by atoms with Gasteiger partial charge in [-0.25, -0.2) is 0 Å². The molecule has 2 heterocycles. The van der Waals surface area contributed by atoms with Gasteiger partial charge in [0.05, 0.1) is 5.41 Å². The quantitative estimate of drug-likeness (QED) is 0.906. The first-order chi connectivity index (χ1) is 9.61. The Kier molecular flexibility index (Phi) is 2.53. The fourth-order valence-electron chi connectivity index (χ4n) is 4.00. The average Bonchev–Trinajstić information content (AvgIpc) is 2.92. The molecule has 1 N–H and O–H groups in total. The number of carbonyl (C=O) groups excluding carboxylic acids is 1. The highest BCUT2D eigenvalue weighted by molar-refractivity contribution is 5.85. The lowest BCUT2D eigenvalue weighted by molar-refractivity contribution is -0.145. The molecule has 0 bridgehead atoms. The van der Waals surface area contributed by atoms with Crippen LogP contribution in [0.1, 0.15) is 18.9 Å². The zero-order valence-corrected chi connectivity index (χ0v) is 12.1. The zero-order valence-electron chi connectivity index (χ0n) is 12.1. The topological polar surface area (TPSA) is 32.3 Å². The SMILES string of the molecule is CC12CC1CN(C(=O)C1(Cc3ccccc3)CNC1)C2. The number of nitrogens with zero attached hydrogens (tertiary/aromatic N) is 1. The first kappa shape index (κ1) is 12.4. The highest BCUT2D eigenvalue weighted by atomic mass is 16.2. The molecule has 1 saturated carbocycles. The van der Waals surface area contributed by atoms with Crippen LogP contribution < -0.4 is 5.32 Å². The molecule has 2 unspecified atom stereocenters. The van der Waals surface area contributed by atoms with Gasteiger partial charge in [-0.2, -0.15) is 0 Å². The summed E-state index contributed by atoms with van der Waals surface area (Å²) in [7, 11) is 0. The maximum atomic E-state index is 12.9. The Bertz CT molecular complexity index is 537. The second-order valence-corrected chi connectivity index (χ2v) is 7.29. The van der Waals surface area contributed by atoms with E-state index in [1.807, 2.05) is 6.07 Å². The van der Waals surface area contributed by atoms with Crippen LogP contribution in [0.15, 0.2) is 30.3 Å². The number of amides is 1. The molecule has 1 amide bonds. The van der Waals surface area contributed by atoms with E-state index in [-0.39, 0.29) is 5.41 Å². The summed E-state index contributed by atoms with van der Waals surface area (Å²) in [5, 5.41) is 3.31. The Morgan fingerprint density at radius 3 is 2.65 bits per heavy atom. The molecule has 2 saturated heterocycles. The number of likely N-dealkylation sites (tertiary alicyclic amines) is 1. The first-order valence-electron chi connectivity index (χ1n) is 7.65. The maximum absolute atomic E-state index is 12.9. The van der Waals surface area contributed by atoms with Crippen LogP contribution in [-0.4, -0.2) is 37.0 Å². The maximum Gasteiger partial charge on any atom is 0.231 e. The van der Waals surface area contributed by atoms with Crippen molar-refractivity contribution in [2.45, 2.75) is 19.8 Å².